The van der Waals surface area contributed by atoms with Gasteiger partial charge < -0.3 is 10.0 Å². The van der Waals surface area contributed by atoms with E-state index in [1.165, 1.54) is 0 Å². The van der Waals surface area contributed by atoms with Gasteiger partial charge in [0.2, 0.25) is 5.91 Å². The number of hydrogen-bond acceptors (Lipinski definition) is 5. The molecule has 0 aliphatic rings. The Balaban J connectivity index is 2.06. The predicted molar refractivity (Wildman–Crippen MR) is 83.1 cm³/mol. The number of likely N-dealkylation sites (N-methyl/N-ethyl adjacent to an activating group) is 1. The van der Waals surface area contributed by atoms with Crippen LogP contribution >= 0.6 is 22.7 Å². The van der Waals surface area contributed by atoms with Crippen molar-refractivity contribution in [1.82, 2.24) is 9.88 Å². The molecule has 0 atom stereocenters. The summed E-state index contributed by atoms with van der Waals surface area (Å²) >= 11 is 3.20. The fourth-order valence-corrected chi connectivity index (χ4v) is 3.25. The highest BCUT2D eigenvalue weighted by Crippen LogP contribution is 2.28. The van der Waals surface area contributed by atoms with Gasteiger partial charge in [0, 0.05) is 12.4 Å². The monoisotopic (exact) mass is 310 g/mol. The van der Waals surface area contributed by atoms with Crippen molar-refractivity contribution in [3.63, 3.8) is 0 Å². The smallest absolute Gasteiger partial charge is 0.228 e. The molecule has 0 radical (unpaired) electrons. The second-order valence-corrected chi connectivity index (χ2v) is 7.03. The summed E-state index contributed by atoms with van der Waals surface area (Å²) in [6.07, 6.45) is 0.266. The number of aliphatic hydroxyl groups is 1. The normalized spacial score (nSPS) is 11.6. The van der Waals surface area contributed by atoms with Gasteiger partial charge in [0.15, 0.2) is 0 Å². The number of hydrogen-bond donors (Lipinski definition) is 1. The summed E-state index contributed by atoms with van der Waals surface area (Å²) in [5, 5.41) is 14.2. The predicted octanol–water partition coefficient (Wildman–Crippen LogP) is 2.64. The molecule has 0 aliphatic heterocycles. The van der Waals surface area contributed by atoms with Crippen molar-refractivity contribution in [3.8, 4) is 9.88 Å². The van der Waals surface area contributed by atoms with Crippen LogP contribution in [0.5, 0.6) is 0 Å². The van der Waals surface area contributed by atoms with Gasteiger partial charge in [-0.2, -0.15) is 0 Å². The lowest BCUT2D eigenvalue weighted by atomic mass is 10.0. The molecule has 6 heteroatoms. The first kappa shape index (κ1) is 15.2. The number of thiazole rings is 1. The standard InChI is InChI=1S/C14H18N2O2S2/c1-14(2,9-17)16(3)12(18)7-10-8-20-13(15-10)11-5-4-6-19-11/h4-6,8,17H,7,9H2,1-3H3. The Kier molecular flexibility index (Phi) is 4.57. The van der Waals surface area contributed by atoms with E-state index < -0.39 is 5.54 Å². The van der Waals surface area contributed by atoms with Crippen molar-refractivity contribution < 1.29 is 9.90 Å². The van der Waals surface area contributed by atoms with Crippen LogP contribution in [0.4, 0.5) is 0 Å². The molecule has 20 heavy (non-hydrogen) atoms. The van der Waals surface area contributed by atoms with Gasteiger partial charge in [-0.25, -0.2) is 4.98 Å². The van der Waals surface area contributed by atoms with Crippen molar-refractivity contribution in [3.05, 3.63) is 28.6 Å². The molecule has 0 bridgehead atoms. The van der Waals surface area contributed by atoms with E-state index in [1.807, 2.05) is 36.7 Å². The van der Waals surface area contributed by atoms with E-state index in [2.05, 4.69) is 4.98 Å². The fraction of sp³-hybridized carbons (Fsp3) is 0.429. The molecule has 2 aromatic heterocycles. The van der Waals surface area contributed by atoms with Gasteiger partial charge in [-0.3, -0.25) is 4.79 Å². The number of amides is 1. The molecule has 0 aromatic carbocycles. The van der Waals surface area contributed by atoms with Crippen molar-refractivity contribution in [2.75, 3.05) is 13.7 Å². The molecule has 0 spiro atoms. The van der Waals surface area contributed by atoms with Gasteiger partial charge in [0.1, 0.15) is 5.01 Å². The van der Waals surface area contributed by atoms with Crippen LogP contribution in [-0.2, 0) is 11.2 Å². The molecule has 0 fully saturated rings. The number of carbonyl (C=O) groups excluding carboxylic acids is 1. The van der Waals surface area contributed by atoms with E-state index in [0.29, 0.717) is 0 Å². The van der Waals surface area contributed by atoms with Gasteiger partial charge in [-0.05, 0) is 25.3 Å². The molecule has 0 aliphatic carbocycles. The Labute approximate surface area is 126 Å². The van der Waals surface area contributed by atoms with Gasteiger partial charge >= 0.3 is 0 Å². The van der Waals surface area contributed by atoms with Crippen molar-refractivity contribution >= 4 is 28.6 Å². The zero-order chi connectivity index (χ0) is 14.8. The second-order valence-electron chi connectivity index (χ2n) is 5.22. The summed E-state index contributed by atoms with van der Waals surface area (Å²) in [6.45, 7) is 3.61. The molecular weight excluding hydrogens is 292 g/mol. The molecule has 0 saturated heterocycles. The number of rotatable bonds is 5. The van der Waals surface area contributed by atoms with E-state index in [9.17, 15) is 9.90 Å². The molecule has 2 heterocycles. The molecule has 2 rings (SSSR count). The molecule has 1 amide bonds. The average molecular weight is 310 g/mol. The van der Waals surface area contributed by atoms with Gasteiger partial charge in [-0.15, -0.1) is 22.7 Å². The highest BCUT2D eigenvalue weighted by molar-refractivity contribution is 7.20. The summed E-state index contributed by atoms with van der Waals surface area (Å²) in [5.74, 6) is -0.0351. The van der Waals surface area contributed by atoms with E-state index in [0.717, 1.165) is 15.6 Å². The number of nitrogens with zero attached hydrogens (tertiary/aromatic N) is 2. The number of aromatic nitrogens is 1. The van der Waals surface area contributed by atoms with Crippen LogP contribution in [-0.4, -0.2) is 40.1 Å². The maximum absolute atomic E-state index is 12.2. The van der Waals surface area contributed by atoms with Gasteiger partial charge in [0.05, 0.1) is 29.1 Å². The minimum absolute atomic E-state index is 0.0351. The molecule has 0 saturated carbocycles. The van der Waals surface area contributed by atoms with Crippen LogP contribution in [0.1, 0.15) is 19.5 Å². The zero-order valence-corrected chi connectivity index (χ0v) is 13.4. The molecular formula is C14H18N2O2S2. The van der Waals surface area contributed by atoms with E-state index in [4.69, 9.17) is 0 Å². The lowest BCUT2D eigenvalue weighted by molar-refractivity contribution is -0.135. The Hall–Kier alpha value is -1.24. The first-order valence-corrected chi connectivity index (χ1v) is 8.06. The Morgan fingerprint density at radius 2 is 2.20 bits per heavy atom. The van der Waals surface area contributed by atoms with Crippen molar-refractivity contribution in [1.29, 1.82) is 0 Å². The third kappa shape index (κ3) is 3.26. The van der Waals surface area contributed by atoms with Crippen LogP contribution in [0.2, 0.25) is 0 Å². The quantitative estimate of drug-likeness (QED) is 0.923. The van der Waals surface area contributed by atoms with Crippen LogP contribution in [0.15, 0.2) is 22.9 Å². The highest BCUT2D eigenvalue weighted by atomic mass is 32.1. The van der Waals surface area contributed by atoms with Crippen molar-refractivity contribution in [2.24, 2.45) is 0 Å². The largest absolute Gasteiger partial charge is 0.394 e. The summed E-state index contributed by atoms with van der Waals surface area (Å²) in [4.78, 5) is 19.4. The Morgan fingerprint density at radius 1 is 1.45 bits per heavy atom. The lowest BCUT2D eigenvalue weighted by Gasteiger charge is -2.33. The summed E-state index contributed by atoms with van der Waals surface area (Å²) in [5.41, 5.74) is 0.230. The van der Waals surface area contributed by atoms with Crippen LogP contribution in [0.3, 0.4) is 0 Å². The topological polar surface area (TPSA) is 53.4 Å². The number of aliphatic hydroxyl groups excluding tert-OH is 1. The second kappa shape index (κ2) is 6.03. The van der Waals surface area contributed by atoms with Crippen LogP contribution in [0.25, 0.3) is 9.88 Å². The maximum atomic E-state index is 12.2. The van der Waals surface area contributed by atoms with Crippen molar-refractivity contribution in [2.45, 2.75) is 25.8 Å². The number of carbonyl (C=O) groups is 1. The van der Waals surface area contributed by atoms with Crippen LogP contribution in [0, 0.1) is 0 Å². The first-order chi connectivity index (χ1) is 9.44. The molecule has 4 nitrogen and oxygen atoms in total. The summed E-state index contributed by atoms with van der Waals surface area (Å²) in [7, 11) is 1.71. The lowest BCUT2D eigenvalue weighted by Crippen LogP contribution is -2.48. The van der Waals surface area contributed by atoms with E-state index >= 15 is 0 Å². The highest BCUT2D eigenvalue weighted by Gasteiger charge is 2.27. The SMILES string of the molecule is CN(C(=O)Cc1csc(-c2cccs2)n1)C(C)(C)CO. The first-order valence-electron chi connectivity index (χ1n) is 6.30. The Bertz CT molecular complexity index is 576. The average Bonchev–Trinajstić information content (AvgIpc) is 3.07. The maximum Gasteiger partial charge on any atom is 0.228 e. The number of thiophene rings is 1. The van der Waals surface area contributed by atoms with Gasteiger partial charge in [-0.1, -0.05) is 6.07 Å². The van der Waals surface area contributed by atoms with E-state index in [-0.39, 0.29) is 18.9 Å². The van der Waals surface area contributed by atoms with Crippen LogP contribution < -0.4 is 0 Å². The van der Waals surface area contributed by atoms with Gasteiger partial charge in [0.25, 0.3) is 0 Å². The summed E-state index contributed by atoms with van der Waals surface area (Å²) in [6, 6.07) is 4.01. The minimum atomic E-state index is -0.552. The molecule has 1 N–H and O–H groups in total. The fourth-order valence-electron chi connectivity index (χ4n) is 1.62. The van der Waals surface area contributed by atoms with E-state index in [1.54, 1.807) is 34.6 Å². The molecule has 0 unspecified atom stereocenters. The third-order valence-corrected chi connectivity index (χ3v) is 5.22. The third-order valence-electron chi connectivity index (χ3n) is 3.29. The summed E-state index contributed by atoms with van der Waals surface area (Å²) < 4.78 is 0. The minimum Gasteiger partial charge on any atom is -0.394 e. The molecule has 108 valence electrons. The Morgan fingerprint density at radius 3 is 2.80 bits per heavy atom. The molecule has 2 aromatic rings. The zero-order valence-electron chi connectivity index (χ0n) is 11.8.